The topological polar surface area (TPSA) is 122 Å². The summed E-state index contributed by atoms with van der Waals surface area (Å²) in [5, 5.41) is 12.9. The molecular formula is C10H17N3O4. The number of rotatable bonds is 5. The van der Waals surface area contributed by atoms with E-state index < -0.39 is 24.0 Å². The number of carbonyl (C=O) groups excluding carboxylic acids is 2. The molecule has 1 saturated carbocycles. The van der Waals surface area contributed by atoms with E-state index in [4.69, 9.17) is 10.8 Å². The Labute approximate surface area is 98.7 Å². The summed E-state index contributed by atoms with van der Waals surface area (Å²) >= 11 is 0. The number of nitrogens with one attached hydrogen (secondary N) is 2. The second-order valence-corrected chi connectivity index (χ2v) is 4.22. The Kier molecular flexibility index (Phi) is 4.45. The number of nitrogens with two attached hydrogens (primary N) is 1. The smallest absolute Gasteiger partial charge is 0.322 e. The van der Waals surface area contributed by atoms with Gasteiger partial charge in [0.1, 0.15) is 6.54 Å². The van der Waals surface area contributed by atoms with E-state index in [1.807, 2.05) is 0 Å². The third kappa shape index (κ3) is 4.03. The average Bonchev–Trinajstić information content (AvgIpc) is 2.71. The van der Waals surface area contributed by atoms with Gasteiger partial charge in [0, 0.05) is 0 Å². The summed E-state index contributed by atoms with van der Waals surface area (Å²) in [5.74, 6) is -2.02. The van der Waals surface area contributed by atoms with Gasteiger partial charge in [0.05, 0.1) is 12.1 Å². The van der Waals surface area contributed by atoms with Crippen LogP contribution in [-0.4, -0.2) is 41.5 Å². The molecule has 0 aromatic carbocycles. The number of hydrogen-bond acceptors (Lipinski definition) is 4. The second-order valence-electron chi connectivity index (χ2n) is 4.22. The molecule has 7 nitrogen and oxygen atoms in total. The van der Waals surface area contributed by atoms with Gasteiger partial charge in [-0.2, -0.15) is 0 Å². The van der Waals surface area contributed by atoms with Crippen LogP contribution in [0.15, 0.2) is 0 Å². The average molecular weight is 243 g/mol. The molecule has 1 fully saturated rings. The van der Waals surface area contributed by atoms with Crippen LogP contribution < -0.4 is 16.4 Å². The second kappa shape index (κ2) is 5.62. The highest BCUT2D eigenvalue weighted by Crippen LogP contribution is 2.26. The molecule has 0 aromatic heterocycles. The maximum absolute atomic E-state index is 11.7. The van der Waals surface area contributed by atoms with Gasteiger partial charge in [0.2, 0.25) is 11.8 Å². The van der Waals surface area contributed by atoms with Crippen LogP contribution in [0.5, 0.6) is 0 Å². The van der Waals surface area contributed by atoms with Crippen molar-refractivity contribution < 1.29 is 19.5 Å². The maximum atomic E-state index is 11.7. The monoisotopic (exact) mass is 243 g/mol. The number of carbonyl (C=O) groups is 3. The molecule has 0 aromatic rings. The van der Waals surface area contributed by atoms with Gasteiger partial charge in [-0.05, 0) is 12.8 Å². The standard InChI is InChI=1S/C10H17N3O4/c11-10(3-1-2-4-10)9(17)13-5-7(14)12-6-8(15)16/h1-6,11H2,(H,12,14)(H,13,17)(H,15,16). The van der Waals surface area contributed by atoms with Crippen LogP contribution in [0.2, 0.25) is 0 Å². The van der Waals surface area contributed by atoms with Gasteiger partial charge in [-0.25, -0.2) is 0 Å². The van der Waals surface area contributed by atoms with Crippen molar-refractivity contribution >= 4 is 17.8 Å². The van der Waals surface area contributed by atoms with Crippen molar-refractivity contribution in [1.82, 2.24) is 10.6 Å². The summed E-state index contributed by atoms with van der Waals surface area (Å²) in [6.07, 6.45) is 3.06. The minimum absolute atomic E-state index is 0.245. The molecule has 5 N–H and O–H groups in total. The number of hydrogen-bond donors (Lipinski definition) is 4. The van der Waals surface area contributed by atoms with Gasteiger partial charge in [-0.1, -0.05) is 12.8 Å². The lowest BCUT2D eigenvalue weighted by atomic mass is 9.98. The maximum Gasteiger partial charge on any atom is 0.322 e. The van der Waals surface area contributed by atoms with Crippen molar-refractivity contribution in [2.24, 2.45) is 5.73 Å². The minimum Gasteiger partial charge on any atom is -0.480 e. The first-order valence-electron chi connectivity index (χ1n) is 5.50. The molecule has 1 aliphatic rings. The molecule has 0 spiro atoms. The van der Waals surface area contributed by atoms with Gasteiger partial charge in [-0.15, -0.1) is 0 Å². The Morgan fingerprint density at radius 2 is 1.71 bits per heavy atom. The van der Waals surface area contributed by atoms with Crippen molar-refractivity contribution in [1.29, 1.82) is 0 Å². The predicted octanol–water partition coefficient (Wildman–Crippen LogP) is -1.43. The lowest BCUT2D eigenvalue weighted by Crippen LogP contribution is -2.53. The summed E-state index contributed by atoms with van der Waals surface area (Å²) < 4.78 is 0. The van der Waals surface area contributed by atoms with Crippen molar-refractivity contribution in [3.05, 3.63) is 0 Å². The summed E-state index contributed by atoms with van der Waals surface area (Å²) in [7, 11) is 0. The van der Waals surface area contributed by atoms with Gasteiger partial charge >= 0.3 is 5.97 Å². The van der Waals surface area contributed by atoms with Gasteiger partial charge in [0.25, 0.3) is 0 Å². The minimum atomic E-state index is -1.13. The van der Waals surface area contributed by atoms with Crippen LogP contribution in [0.1, 0.15) is 25.7 Å². The molecule has 0 saturated heterocycles. The molecule has 0 unspecified atom stereocenters. The van der Waals surface area contributed by atoms with E-state index in [0.717, 1.165) is 12.8 Å². The fraction of sp³-hybridized carbons (Fsp3) is 0.700. The van der Waals surface area contributed by atoms with Crippen molar-refractivity contribution in [2.45, 2.75) is 31.2 Å². The first kappa shape index (κ1) is 13.4. The Morgan fingerprint density at radius 3 is 2.24 bits per heavy atom. The number of carboxylic acids is 1. The van der Waals surface area contributed by atoms with Crippen LogP contribution in [0.3, 0.4) is 0 Å². The van der Waals surface area contributed by atoms with E-state index in [9.17, 15) is 14.4 Å². The van der Waals surface area contributed by atoms with Crippen LogP contribution in [0.25, 0.3) is 0 Å². The van der Waals surface area contributed by atoms with Gasteiger partial charge in [0.15, 0.2) is 0 Å². The predicted molar refractivity (Wildman–Crippen MR) is 59.0 cm³/mol. The molecule has 0 aliphatic heterocycles. The highest BCUT2D eigenvalue weighted by molar-refractivity contribution is 5.91. The molecule has 17 heavy (non-hydrogen) atoms. The fourth-order valence-corrected chi connectivity index (χ4v) is 1.81. The summed E-state index contributed by atoms with van der Waals surface area (Å²) in [6, 6.07) is 0. The molecule has 2 amide bonds. The number of amides is 2. The van der Waals surface area contributed by atoms with E-state index in [2.05, 4.69) is 10.6 Å². The highest BCUT2D eigenvalue weighted by atomic mass is 16.4. The van der Waals surface area contributed by atoms with Crippen molar-refractivity contribution in [3.63, 3.8) is 0 Å². The van der Waals surface area contributed by atoms with Crippen LogP contribution >= 0.6 is 0 Å². The number of carboxylic acid groups (broad SMARTS) is 1. The zero-order chi connectivity index (χ0) is 12.9. The quantitative estimate of drug-likeness (QED) is 0.472. The van der Waals surface area contributed by atoms with Crippen molar-refractivity contribution in [2.75, 3.05) is 13.1 Å². The molecule has 0 radical (unpaired) electrons. The van der Waals surface area contributed by atoms with Gasteiger partial charge < -0.3 is 21.5 Å². The summed E-state index contributed by atoms with van der Waals surface area (Å²) in [4.78, 5) is 33.0. The fourth-order valence-electron chi connectivity index (χ4n) is 1.81. The van der Waals surface area contributed by atoms with E-state index in [1.54, 1.807) is 0 Å². The Hall–Kier alpha value is -1.63. The largest absolute Gasteiger partial charge is 0.480 e. The van der Waals surface area contributed by atoms with Crippen LogP contribution in [-0.2, 0) is 14.4 Å². The third-order valence-electron chi connectivity index (χ3n) is 2.79. The molecular weight excluding hydrogens is 226 g/mol. The number of aliphatic carboxylic acids is 1. The van der Waals surface area contributed by atoms with E-state index in [0.29, 0.717) is 12.8 Å². The normalized spacial score (nSPS) is 17.5. The van der Waals surface area contributed by atoms with E-state index >= 15 is 0 Å². The molecule has 96 valence electrons. The first-order chi connectivity index (χ1) is 7.94. The molecule has 1 rings (SSSR count). The molecule has 0 bridgehead atoms. The molecule has 7 heteroatoms. The summed E-state index contributed by atoms with van der Waals surface area (Å²) in [6.45, 7) is -0.701. The Bertz CT molecular complexity index is 324. The van der Waals surface area contributed by atoms with Crippen LogP contribution in [0, 0.1) is 0 Å². The Balaban J connectivity index is 2.28. The van der Waals surface area contributed by atoms with Crippen molar-refractivity contribution in [3.8, 4) is 0 Å². The molecule has 0 atom stereocenters. The van der Waals surface area contributed by atoms with E-state index in [1.165, 1.54) is 0 Å². The zero-order valence-electron chi connectivity index (χ0n) is 9.49. The van der Waals surface area contributed by atoms with E-state index in [-0.39, 0.29) is 12.5 Å². The lowest BCUT2D eigenvalue weighted by Gasteiger charge is -2.21. The highest BCUT2D eigenvalue weighted by Gasteiger charge is 2.36. The lowest BCUT2D eigenvalue weighted by molar-refractivity contribution is -0.137. The first-order valence-corrected chi connectivity index (χ1v) is 5.50. The molecule has 1 aliphatic carbocycles. The van der Waals surface area contributed by atoms with Crippen LogP contribution in [0.4, 0.5) is 0 Å². The SMILES string of the molecule is NC1(C(=O)NCC(=O)NCC(=O)O)CCCC1. The zero-order valence-corrected chi connectivity index (χ0v) is 9.49. The molecule has 0 heterocycles. The Morgan fingerprint density at radius 1 is 1.12 bits per heavy atom. The third-order valence-corrected chi connectivity index (χ3v) is 2.79. The van der Waals surface area contributed by atoms with Gasteiger partial charge in [-0.3, -0.25) is 14.4 Å². The summed E-state index contributed by atoms with van der Waals surface area (Å²) in [5.41, 5.74) is 5.01.